The van der Waals surface area contributed by atoms with Crippen LogP contribution in [-0.4, -0.2) is 4.98 Å². The number of hydrogen-bond acceptors (Lipinski definition) is 2. The lowest BCUT2D eigenvalue weighted by atomic mass is 9.54. The molecule has 0 saturated heterocycles. The molecule has 1 nitrogen and oxygen atoms in total. The molecule has 2 aliphatic rings. The highest BCUT2D eigenvalue weighted by molar-refractivity contribution is 7.99. The fraction of sp³-hybridized carbons (Fsp3) is 0.0889. The third kappa shape index (κ3) is 4.15. The second kappa shape index (κ2) is 10.7. The fourth-order valence-corrected chi connectivity index (χ4v) is 9.32. The van der Waals surface area contributed by atoms with Crippen molar-refractivity contribution in [1.82, 2.24) is 4.98 Å². The lowest BCUT2D eigenvalue weighted by molar-refractivity contribution is 0.549. The Bertz CT molecular complexity index is 2250. The molecule has 0 atom stereocenters. The highest BCUT2D eigenvalue weighted by Crippen LogP contribution is 2.61. The first-order chi connectivity index (χ1) is 23.1. The van der Waals surface area contributed by atoms with Crippen molar-refractivity contribution in [1.29, 1.82) is 0 Å². The zero-order valence-electron chi connectivity index (χ0n) is 26.4. The van der Waals surface area contributed by atoms with Crippen molar-refractivity contribution < 1.29 is 0 Å². The molecule has 1 aliphatic heterocycles. The van der Waals surface area contributed by atoms with Crippen molar-refractivity contribution in [2.75, 3.05) is 0 Å². The summed E-state index contributed by atoms with van der Waals surface area (Å²) in [4.78, 5) is 7.21. The average molecular weight is 620 g/mol. The number of hydrogen-bond donors (Lipinski definition) is 0. The molecule has 9 rings (SSSR count). The maximum Gasteiger partial charge on any atom is 0.0729 e. The summed E-state index contributed by atoms with van der Waals surface area (Å²) in [5.41, 5.74) is 14.7. The molecule has 6 aromatic carbocycles. The predicted octanol–water partition coefficient (Wildman–Crippen LogP) is 11.6. The van der Waals surface area contributed by atoms with Gasteiger partial charge in [0.15, 0.2) is 0 Å². The molecule has 47 heavy (non-hydrogen) atoms. The first kappa shape index (κ1) is 28.1. The van der Waals surface area contributed by atoms with Gasteiger partial charge in [-0.25, -0.2) is 0 Å². The zero-order valence-corrected chi connectivity index (χ0v) is 27.3. The van der Waals surface area contributed by atoms with E-state index in [0.29, 0.717) is 0 Å². The Morgan fingerprint density at radius 2 is 0.936 bits per heavy atom. The van der Waals surface area contributed by atoms with Crippen LogP contribution in [0.5, 0.6) is 0 Å². The molecule has 224 valence electrons. The van der Waals surface area contributed by atoms with E-state index in [9.17, 15) is 0 Å². The predicted molar refractivity (Wildman–Crippen MR) is 195 cm³/mol. The van der Waals surface area contributed by atoms with Gasteiger partial charge < -0.3 is 0 Å². The van der Waals surface area contributed by atoms with Gasteiger partial charge in [0.2, 0.25) is 0 Å². The maximum atomic E-state index is 4.56. The highest BCUT2D eigenvalue weighted by atomic mass is 32.2. The Kier molecular flexibility index (Phi) is 6.38. The minimum absolute atomic E-state index is 0.162. The molecule has 1 spiro atoms. The van der Waals surface area contributed by atoms with Gasteiger partial charge in [0.25, 0.3) is 0 Å². The van der Waals surface area contributed by atoms with Crippen LogP contribution < -0.4 is 0 Å². The van der Waals surface area contributed by atoms with Crippen molar-refractivity contribution in [3.8, 4) is 33.5 Å². The fourth-order valence-electron chi connectivity index (χ4n) is 8.13. The first-order valence-electron chi connectivity index (χ1n) is 16.3. The van der Waals surface area contributed by atoms with Gasteiger partial charge in [-0.2, -0.15) is 0 Å². The van der Waals surface area contributed by atoms with Gasteiger partial charge in [-0.1, -0.05) is 153 Å². The summed E-state index contributed by atoms with van der Waals surface area (Å²) in [5, 5.41) is 0. The molecule has 1 aromatic heterocycles. The lowest BCUT2D eigenvalue weighted by Crippen LogP contribution is -2.43. The van der Waals surface area contributed by atoms with Crippen molar-refractivity contribution in [2.45, 2.75) is 34.5 Å². The molecule has 0 amide bonds. The van der Waals surface area contributed by atoms with Gasteiger partial charge >= 0.3 is 0 Å². The Hall–Kier alpha value is -5.18. The van der Waals surface area contributed by atoms with E-state index in [0.717, 1.165) is 11.3 Å². The van der Waals surface area contributed by atoms with Gasteiger partial charge in [-0.05, 0) is 86.0 Å². The third-order valence-electron chi connectivity index (χ3n) is 10.3. The van der Waals surface area contributed by atoms with Crippen LogP contribution >= 0.6 is 11.8 Å². The monoisotopic (exact) mass is 619 g/mol. The van der Waals surface area contributed by atoms with Crippen LogP contribution in [0.2, 0.25) is 0 Å². The van der Waals surface area contributed by atoms with Crippen LogP contribution in [0.3, 0.4) is 0 Å². The number of rotatable bonds is 3. The first-order valence-corrected chi connectivity index (χ1v) is 17.1. The SMILES string of the molecule is CC1(C)c2ccccc2C2(c3ccccc3Sc3ccccc32)c2cc(-c3ccccc3-c3ccc(-c4ccccn4)cc3)ccc21. The second-order valence-electron chi connectivity index (χ2n) is 13.1. The molecule has 0 radical (unpaired) electrons. The van der Waals surface area contributed by atoms with E-state index in [1.807, 2.05) is 30.1 Å². The maximum absolute atomic E-state index is 4.56. The van der Waals surface area contributed by atoms with E-state index in [-0.39, 0.29) is 5.41 Å². The Morgan fingerprint density at radius 3 is 1.60 bits per heavy atom. The molecular weight excluding hydrogens is 587 g/mol. The molecule has 2 heterocycles. The Morgan fingerprint density at radius 1 is 0.426 bits per heavy atom. The molecular formula is C45H33NS. The number of fused-ring (bicyclic) bond motifs is 8. The summed E-state index contributed by atoms with van der Waals surface area (Å²) in [6.07, 6.45) is 1.85. The largest absolute Gasteiger partial charge is 0.256 e. The van der Waals surface area contributed by atoms with E-state index in [1.165, 1.54) is 65.4 Å². The van der Waals surface area contributed by atoms with Crippen LogP contribution in [0.15, 0.2) is 174 Å². The number of pyridine rings is 1. The van der Waals surface area contributed by atoms with Crippen molar-refractivity contribution in [3.05, 3.63) is 197 Å². The average Bonchev–Trinajstić information content (AvgIpc) is 3.14. The topological polar surface area (TPSA) is 12.9 Å². The van der Waals surface area contributed by atoms with E-state index < -0.39 is 5.41 Å². The van der Waals surface area contributed by atoms with Crippen LogP contribution in [0, 0.1) is 0 Å². The van der Waals surface area contributed by atoms with Crippen LogP contribution in [-0.2, 0) is 10.8 Å². The van der Waals surface area contributed by atoms with Crippen LogP contribution in [0.4, 0.5) is 0 Å². The molecule has 0 N–H and O–H groups in total. The van der Waals surface area contributed by atoms with Crippen molar-refractivity contribution in [3.63, 3.8) is 0 Å². The van der Waals surface area contributed by atoms with Gasteiger partial charge in [-0.3, -0.25) is 4.98 Å². The Balaban J connectivity index is 1.30. The molecule has 2 heteroatoms. The molecule has 0 bridgehead atoms. The van der Waals surface area contributed by atoms with E-state index in [4.69, 9.17) is 0 Å². The molecule has 0 saturated carbocycles. The van der Waals surface area contributed by atoms with Gasteiger partial charge in [0.05, 0.1) is 11.1 Å². The summed E-state index contributed by atoms with van der Waals surface area (Å²) >= 11 is 1.89. The molecule has 0 fully saturated rings. The van der Waals surface area contributed by atoms with Crippen LogP contribution in [0.25, 0.3) is 33.5 Å². The van der Waals surface area contributed by atoms with Crippen LogP contribution in [0.1, 0.15) is 47.2 Å². The molecule has 7 aromatic rings. The molecule has 0 unspecified atom stereocenters. The van der Waals surface area contributed by atoms with E-state index >= 15 is 0 Å². The number of benzene rings is 6. The number of aromatic nitrogens is 1. The van der Waals surface area contributed by atoms with Crippen molar-refractivity contribution >= 4 is 11.8 Å². The van der Waals surface area contributed by atoms with Gasteiger partial charge in [0, 0.05) is 27.0 Å². The van der Waals surface area contributed by atoms with E-state index in [1.54, 1.807) is 0 Å². The summed E-state index contributed by atoms with van der Waals surface area (Å²) in [6.45, 7) is 4.79. The lowest BCUT2D eigenvalue weighted by Gasteiger charge is -2.50. The van der Waals surface area contributed by atoms with Crippen molar-refractivity contribution in [2.24, 2.45) is 0 Å². The quantitative estimate of drug-likeness (QED) is 0.195. The van der Waals surface area contributed by atoms with Gasteiger partial charge in [0.1, 0.15) is 0 Å². The Labute approximate surface area is 281 Å². The number of nitrogens with zero attached hydrogens (tertiary/aromatic N) is 1. The molecule has 1 aliphatic carbocycles. The minimum Gasteiger partial charge on any atom is -0.256 e. The zero-order chi connectivity index (χ0) is 31.6. The summed E-state index contributed by atoms with van der Waals surface area (Å²) in [6, 6.07) is 58.3. The smallest absolute Gasteiger partial charge is 0.0729 e. The summed E-state index contributed by atoms with van der Waals surface area (Å²) in [5.74, 6) is 0. The van der Waals surface area contributed by atoms with E-state index in [2.05, 4.69) is 164 Å². The highest BCUT2D eigenvalue weighted by Gasteiger charge is 2.52. The minimum atomic E-state index is -0.435. The normalized spacial score (nSPS) is 14.9. The van der Waals surface area contributed by atoms with Gasteiger partial charge in [-0.15, -0.1) is 0 Å². The summed E-state index contributed by atoms with van der Waals surface area (Å²) in [7, 11) is 0. The second-order valence-corrected chi connectivity index (χ2v) is 14.2. The standard InChI is InChI=1S/C45H33NS/c1-44(2)35-15-5-6-16-37(35)45(38-17-7-9-20-42(38)47-43-21-10-8-18-39(43)45)40-29-32(26-27-36(40)44)34-14-4-3-13-33(34)30-22-24-31(25-23-30)41-19-11-12-28-46-41/h3-29H,1-2H3. The third-order valence-corrected chi connectivity index (χ3v) is 11.4. The summed E-state index contributed by atoms with van der Waals surface area (Å²) < 4.78 is 0.